The molecule has 0 bridgehead atoms. The molecule has 0 radical (unpaired) electrons. The summed E-state index contributed by atoms with van der Waals surface area (Å²) in [6.07, 6.45) is 19.6. The highest BCUT2D eigenvalue weighted by Crippen LogP contribution is 2.41. The summed E-state index contributed by atoms with van der Waals surface area (Å²) in [4.78, 5) is 30.7. The van der Waals surface area contributed by atoms with Crippen LogP contribution >= 0.6 is 0 Å². The molecular formula is C57H99NO13. The van der Waals surface area contributed by atoms with Gasteiger partial charge in [-0.1, -0.05) is 96.1 Å². The molecule has 3 heterocycles. The number of rotatable bonds is 23. The van der Waals surface area contributed by atoms with Crippen molar-refractivity contribution >= 4 is 11.8 Å². The van der Waals surface area contributed by atoms with Gasteiger partial charge >= 0.3 is 5.97 Å². The van der Waals surface area contributed by atoms with E-state index in [4.69, 9.17) is 33.2 Å². The lowest BCUT2D eigenvalue weighted by Crippen LogP contribution is -2.61. The summed E-state index contributed by atoms with van der Waals surface area (Å²) < 4.78 is 45.3. The van der Waals surface area contributed by atoms with Crippen molar-refractivity contribution in [2.45, 2.75) is 250 Å². The van der Waals surface area contributed by atoms with Gasteiger partial charge < -0.3 is 58.5 Å². The number of cyclic esters (lactones) is 1. The summed E-state index contributed by atoms with van der Waals surface area (Å²) in [7, 11) is 5.50. The summed E-state index contributed by atoms with van der Waals surface area (Å²) in [5.74, 6) is -4.86. The number of hydrogen-bond donors (Lipinski definition) is 4. The predicted octanol–water partition coefficient (Wildman–Crippen LogP) is 8.96. The zero-order valence-electron chi connectivity index (χ0n) is 46.3. The van der Waals surface area contributed by atoms with Crippen LogP contribution in [0.3, 0.4) is 0 Å². The van der Waals surface area contributed by atoms with Crippen molar-refractivity contribution in [3.8, 4) is 0 Å². The number of carbonyl (C=O) groups is 2. The van der Waals surface area contributed by atoms with E-state index in [1.165, 1.54) is 46.6 Å². The number of methoxy groups -OCH3 is 1. The first-order valence-electron chi connectivity index (χ1n) is 27.1. The van der Waals surface area contributed by atoms with Crippen LogP contribution in [0.1, 0.15) is 166 Å². The van der Waals surface area contributed by atoms with Gasteiger partial charge in [-0.05, 0) is 126 Å². The van der Waals surface area contributed by atoms with Crippen LogP contribution in [-0.2, 0) is 42.7 Å². The van der Waals surface area contributed by atoms with Gasteiger partial charge in [0.15, 0.2) is 12.6 Å². The molecule has 0 amide bonds. The van der Waals surface area contributed by atoms with Crippen molar-refractivity contribution in [1.82, 2.24) is 4.90 Å². The summed E-state index contributed by atoms with van der Waals surface area (Å²) in [6.45, 7) is 19.5. The maximum absolute atomic E-state index is 14.4. The number of aliphatic hydroxyl groups excluding tert-OH is 2. The molecule has 410 valence electrons. The second-order valence-electron chi connectivity index (χ2n) is 21.9. The molecule has 18 atom stereocenters. The number of likely N-dealkylation sites (N-methyl/N-ethyl adjacent to an activating group) is 1. The van der Waals surface area contributed by atoms with E-state index >= 15 is 0 Å². The number of aliphatic hydroxyl groups is 4. The van der Waals surface area contributed by atoms with E-state index in [9.17, 15) is 30.0 Å². The Balaban J connectivity index is 1.90. The summed E-state index contributed by atoms with van der Waals surface area (Å²) in [5, 5.41) is 47.3. The number of ether oxygens (including phenoxy) is 7. The highest BCUT2D eigenvalue weighted by atomic mass is 16.7. The van der Waals surface area contributed by atoms with E-state index in [0.29, 0.717) is 13.0 Å². The van der Waals surface area contributed by atoms with Crippen LogP contribution in [0.2, 0.25) is 0 Å². The Hall–Kier alpha value is -2.34. The Kier molecular flexibility index (Phi) is 26.8. The molecule has 3 rings (SSSR count). The van der Waals surface area contributed by atoms with Gasteiger partial charge in [0, 0.05) is 43.9 Å². The predicted molar refractivity (Wildman–Crippen MR) is 278 cm³/mol. The largest absolute Gasteiger partial charge is 0.459 e. The third kappa shape index (κ3) is 18.5. The number of carbonyl (C=O) groups excluding carboxylic acids is 2. The zero-order valence-corrected chi connectivity index (χ0v) is 46.3. The van der Waals surface area contributed by atoms with Gasteiger partial charge in [0.2, 0.25) is 0 Å². The molecule has 14 nitrogen and oxygen atoms in total. The molecule has 0 aliphatic carbocycles. The topological polar surface area (TPSA) is 183 Å². The van der Waals surface area contributed by atoms with Gasteiger partial charge in [-0.2, -0.15) is 0 Å². The second-order valence-corrected chi connectivity index (χ2v) is 21.9. The number of ketones is 1. The molecule has 71 heavy (non-hydrogen) atoms. The van der Waals surface area contributed by atoms with E-state index < -0.39 is 102 Å². The lowest BCUT2D eigenvalue weighted by atomic mass is 9.74. The third-order valence-corrected chi connectivity index (χ3v) is 15.3. The summed E-state index contributed by atoms with van der Waals surface area (Å²) in [6, 6.07) is -0.117. The van der Waals surface area contributed by atoms with E-state index in [-0.39, 0.29) is 37.2 Å². The van der Waals surface area contributed by atoms with Gasteiger partial charge in [-0.25, -0.2) is 0 Å². The van der Waals surface area contributed by atoms with E-state index in [1.54, 1.807) is 41.5 Å². The van der Waals surface area contributed by atoms with Crippen LogP contribution in [0.25, 0.3) is 0 Å². The Bertz CT molecular complexity index is 1680. The first-order valence-corrected chi connectivity index (χ1v) is 27.1. The summed E-state index contributed by atoms with van der Waals surface area (Å²) in [5.41, 5.74) is -4.83. The smallest absolute Gasteiger partial charge is 0.311 e. The Morgan fingerprint density at radius 2 is 1.31 bits per heavy atom. The number of allylic oxidation sites excluding steroid dienone is 8. The molecule has 0 spiro atoms. The van der Waals surface area contributed by atoms with Crippen molar-refractivity contribution in [3.63, 3.8) is 0 Å². The molecule has 3 fully saturated rings. The lowest BCUT2D eigenvalue weighted by Gasteiger charge is -2.49. The van der Waals surface area contributed by atoms with Gasteiger partial charge in [-0.3, -0.25) is 9.59 Å². The van der Waals surface area contributed by atoms with Crippen LogP contribution in [0.4, 0.5) is 0 Å². The molecule has 0 aromatic carbocycles. The highest BCUT2D eigenvalue weighted by molar-refractivity contribution is 5.83. The van der Waals surface area contributed by atoms with E-state index in [0.717, 1.165) is 38.5 Å². The molecule has 3 aliphatic heterocycles. The number of nitrogens with zero attached hydrogens (tertiary/aromatic N) is 1. The second kappa shape index (κ2) is 30.3. The normalized spacial score (nSPS) is 39.6. The average molecular weight is 1010 g/mol. The van der Waals surface area contributed by atoms with Crippen molar-refractivity contribution in [2.75, 3.05) is 27.8 Å². The molecule has 1 unspecified atom stereocenters. The van der Waals surface area contributed by atoms with Crippen molar-refractivity contribution < 1.29 is 63.2 Å². The van der Waals surface area contributed by atoms with Crippen LogP contribution in [0, 0.1) is 23.7 Å². The average Bonchev–Trinajstić information content (AvgIpc) is 3.32. The standard InChI is InChI=1S/C57H99NO13/c1-15-17-18-19-20-21-22-23-24-25-26-27-28-29-30-31-32-33-34-66-49-44(58(12)13)35-39(4)67-54(49)71-52-41(6)48(70-46-37-56(10,65-14)51(61)43(8)68-46)42(7)53(62)69-45(16-2)57(11,64)50(60)40(5)47(59)38(3)36-55(52,9)63/h20-21,23-24,26-27,29-30,38-46,48-52,54,60-61,63-64H,15-19,22,25,28,31-37H2,1-14H3/b21-20-,24-23-,27-26-,30-29-/t38-,39-,40+,41+,42-,43+,44+,45-,46+,48+,49-,50-,51+,52?,54+,55-,56-,57-/m1/s1. The lowest BCUT2D eigenvalue weighted by molar-refractivity contribution is -0.321. The molecular weight excluding hydrogens is 907 g/mol. The number of esters is 1. The minimum Gasteiger partial charge on any atom is -0.459 e. The van der Waals surface area contributed by atoms with Gasteiger partial charge in [0.1, 0.15) is 29.7 Å². The molecule has 3 saturated heterocycles. The number of hydrogen-bond acceptors (Lipinski definition) is 14. The highest BCUT2D eigenvalue weighted by Gasteiger charge is 2.54. The van der Waals surface area contributed by atoms with Crippen molar-refractivity contribution in [3.05, 3.63) is 48.6 Å². The van der Waals surface area contributed by atoms with E-state index in [1.807, 2.05) is 27.9 Å². The van der Waals surface area contributed by atoms with Crippen LogP contribution in [0.15, 0.2) is 48.6 Å². The Morgan fingerprint density at radius 1 is 0.732 bits per heavy atom. The maximum atomic E-state index is 14.4. The fraction of sp³-hybridized carbons (Fsp3) is 0.825. The minimum atomic E-state index is -2.00. The third-order valence-electron chi connectivity index (χ3n) is 15.3. The van der Waals surface area contributed by atoms with Gasteiger partial charge in [0.25, 0.3) is 0 Å². The molecule has 0 saturated carbocycles. The number of Topliss-reactive ketones (excluding diaryl/α,β-unsaturated/α-hetero) is 1. The quantitative estimate of drug-likeness (QED) is 0.0432. The molecule has 14 heteroatoms. The number of unbranched alkanes of at least 4 members (excludes halogenated alkanes) is 5. The van der Waals surface area contributed by atoms with Crippen LogP contribution in [0.5, 0.6) is 0 Å². The van der Waals surface area contributed by atoms with Crippen molar-refractivity contribution in [2.24, 2.45) is 23.7 Å². The fourth-order valence-electron chi connectivity index (χ4n) is 10.7. The maximum Gasteiger partial charge on any atom is 0.311 e. The fourth-order valence-corrected chi connectivity index (χ4v) is 10.7. The molecule has 3 aliphatic rings. The van der Waals surface area contributed by atoms with Crippen molar-refractivity contribution in [1.29, 1.82) is 0 Å². The first kappa shape index (κ1) is 63.0. The Labute approximate surface area is 428 Å². The van der Waals surface area contributed by atoms with Gasteiger partial charge in [0.05, 0.1) is 47.6 Å². The SMILES string of the molecule is CCCCC/C=C\C/C=C\C/C=C\C/C=C\CCCCO[C@H]1[C@H](OC2[C@@H](C)[C@H](O[C@H]3C[C@@](C)(OC)[C@@H](O)[C@H](C)O3)[C@@H](C)C(=O)O[C@H](CC)[C@@](C)(O)[C@H](O)[C@@H](C)C(=O)[C@H](C)C[C@@]2(C)O)O[C@H](C)C[C@@H]1N(C)C. The summed E-state index contributed by atoms with van der Waals surface area (Å²) >= 11 is 0. The van der Waals surface area contributed by atoms with E-state index in [2.05, 4.69) is 60.4 Å². The molecule has 0 aromatic heterocycles. The monoisotopic (exact) mass is 1010 g/mol. The van der Waals surface area contributed by atoms with Crippen LogP contribution < -0.4 is 0 Å². The van der Waals surface area contributed by atoms with Gasteiger partial charge in [-0.15, -0.1) is 0 Å². The minimum absolute atomic E-state index is 0.101. The molecule has 0 aromatic rings. The Morgan fingerprint density at radius 3 is 1.86 bits per heavy atom. The zero-order chi connectivity index (χ0) is 53.1. The van der Waals surface area contributed by atoms with Crippen LogP contribution in [-0.4, -0.2) is 149 Å². The first-order chi connectivity index (χ1) is 33.5. The molecule has 4 N–H and O–H groups in total.